The van der Waals surface area contributed by atoms with Gasteiger partial charge in [0.2, 0.25) is 0 Å². The second-order valence-electron chi connectivity index (χ2n) is 3.88. The first kappa shape index (κ1) is 14.9. The van der Waals surface area contributed by atoms with Gasteiger partial charge >= 0.3 is 0 Å². The van der Waals surface area contributed by atoms with Gasteiger partial charge in [-0.25, -0.2) is 0 Å². The standard InChI is InChI=1S/C12H11BrIN3OS/c1-2-3-10-11(19-17-16-10)12(18)15-7-4-5-9(14)8(13)6-7/h4-6H,2-3H2,1H3,(H,15,18). The van der Waals surface area contributed by atoms with E-state index in [4.69, 9.17) is 0 Å². The number of amides is 1. The third-order valence-electron chi connectivity index (χ3n) is 2.43. The van der Waals surface area contributed by atoms with Crippen molar-refractivity contribution in [2.45, 2.75) is 19.8 Å². The molecule has 0 unspecified atom stereocenters. The average Bonchev–Trinajstić information content (AvgIpc) is 2.83. The lowest BCUT2D eigenvalue weighted by Gasteiger charge is -2.05. The molecule has 7 heteroatoms. The van der Waals surface area contributed by atoms with Crippen molar-refractivity contribution in [2.24, 2.45) is 0 Å². The third-order valence-corrected chi connectivity index (χ3v) is 5.53. The Balaban J connectivity index is 2.16. The van der Waals surface area contributed by atoms with Crippen LogP contribution in [0.2, 0.25) is 0 Å². The van der Waals surface area contributed by atoms with Gasteiger partial charge in [-0.3, -0.25) is 4.79 Å². The minimum absolute atomic E-state index is 0.147. The Bertz CT molecular complexity index is 602. The van der Waals surface area contributed by atoms with Crippen LogP contribution in [-0.4, -0.2) is 15.5 Å². The van der Waals surface area contributed by atoms with E-state index in [9.17, 15) is 4.79 Å². The van der Waals surface area contributed by atoms with Gasteiger partial charge < -0.3 is 5.32 Å². The van der Waals surface area contributed by atoms with Crippen molar-refractivity contribution in [3.05, 3.63) is 36.8 Å². The number of carbonyl (C=O) groups excluding carboxylic acids is 1. The molecular formula is C12H11BrIN3OS. The van der Waals surface area contributed by atoms with Crippen molar-refractivity contribution < 1.29 is 4.79 Å². The predicted octanol–water partition coefficient (Wildman–Crippen LogP) is 4.11. The molecule has 1 aromatic heterocycles. The molecule has 1 N–H and O–H groups in total. The third kappa shape index (κ3) is 3.73. The number of halogens is 2. The van der Waals surface area contributed by atoms with E-state index in [1.165, 1.54) is 0 Å². The van der Waals surface area contributed by atoms with E-state index in [-0.39, 0.29) is 5.91 Å². The van der Waals surface area contributed by atoms with E-state index >= 15 is 0 Å². The zero-order valence-electron chi connectivity index (χ0n) is 10.1. The fraction of sp³-hybridized carbons (Fsp3) is 0.250. The van der Waals surface area contributed by atoms with Crippen molar-refractivity contribution in [3.8, 4) is 0 Å². The zero-order valence-corrected chi connectivity index (χ0v) is 14.7. The van der Waals surface area contributed by atoms with Crippen LogP contribution in [-0.2, 0) is 6.42 Å². The highest BCUT2D eigenvalue weighted by atomic mass is 127. The Hall–Kier alpha value is -0.540. The van der Waals surface area contributed by atoms with Gasteiger partial charge in [-0.05, 0) is 74.7 Å². The number of hydrogen-bond acceptors (Lipinski definition) is 4. The van der Waals surface area contributed by atoms with Crippen LogP contribution in [0.15, 0.2) is 22.7 Å². The molecule has 0 saturated heterocycles. The number of aromatic nitrogens is 2. The monoisotopic (exact) mass is 451 g/mol. The summed E-state index contributed by atoms with van der Waals surface area (Å²) in [7, 11) is 0. The number of nitrogens with one attached hydrogen (secondary N) is 1. The van der Waals surface area contributed by atoms with Crippen molar-refractivity contribution in [1.82, 2.24) is 9.59 Å². The van der Waals surface area contributed by atoms with Crippen molar-refractivity contribution in [1.29, 1.82) is 0 Å². The lowest BCUT2D eigenvalue weighted by Crippen LogP contribution is -2.12. The Morgan fingerprint density at radius 1 is 1.53 bits per heavy atom. The number of carbonyl (C=O) groups is 1. The molecule has 0 aliphatic heterocycles. The first-order valence-corrected chi connectivity index (χ1v) is 8.34. The number of nitrogens with zero attached hydrogens (tertiary/aromatic N) is 2. The van der Waals surface area contributed by atoms with Crippen LogP contribution in [0.1, 0.15) is 28.7 Å². The highest BCUT2D eigenvalue weighted by Crippen LogP contribution is 2.24. The average molecular weight is 452 g/mol. The van der Waals surface area contributed by atoms with Gasteiger partial charge in [0.15, 0.2) is 0 Å². The van der Waals surface area contributed by atoms with Gasteiger partial charge in [0.25, 0.3) is 5.91 Å². The summed E-state index contributed by atoms with van der Waals surface area (Å²) in [4.78, 5) is 12.8. The normalized spacial score (nSPS) is 10.5. The van der Waals surface area contributed by atoms with Gasteiger partial charge in [0, 0.05) is 13.7 Å². The van der Waals surface area contributed by atoms with Gasteiger partial charge in [0.1, 0.15) is 4.88 Å². The minimum atomic E-state index is -0.147. The fourth-order valence-electron chi connectivity index (χ4n) is 1.54. The summed E-state index contributed by atoms with van der Waals surface area (Å²) in [5.41, 5.74) is 1.53. The summed E-state index contributed by atoms with van der Waals surface area (Å²) in [5, 5.41) is 6.87. The van der Waals surface area contributed by atoms with Crippen LogP contribution in [0.4, 0.5) is 5.69 Å². The molecule has 2 rings (SSSR count). The number of hydrogen-bond donors (Lipinski definition) is 1. The molecule has 0 atom stereocenters. The Morgan fingerprint density at radius 3 is 3.00 bits per heavy atom. The SMILES string of the molecule is CCCc1nnsc1C(=O)Nc1ccc(I)c(Br)c1. The van der Waals surface area contributed by atoms with Crippen LogP contribution in [0.5, 0.6) is 0 Å². The largest absolute Gasteiger partial charge is 0.321 e. The summed E-state index contributed by atoms with van der Waals surface area (Å²) in [6, 6.07) is 5.70. The molecule has 1 heterocycles. The molecular weight excluding hydrogens is 441 g/mol. The maximum absolute atomic E-state index is 12.2. The summed E-state index contributed by atoms with van der Waals surface area (Å²) >= 11 is 6.81. The lowest BCUT2D eigenvalue weighted by atomic mass is 10.2. The molecule has 0 bridgehead atoms. The molecule has 0 fully saturated rings. The van der Waals surface area contributed by atoms with Crippen molar-refractivity contribution in [2.75, 3.05) is 5.32 Å². The molecule has 1 aromatic carbocycles. The Labute approximate surface area is 137 Å². The second kappa shape index (κ2) is 6.76. The molecule has 1 amide bonds. The maximum atomic E-state index is 12.2. The summed E-state index contributed by atoms with van der Waals surface area (Å²) in [6.45, 7) is 2.05. The number of benzene rings is 1. The van der Waals surface area contributed by atoms with E-state index in [2.05, 4.69) is 60.3 Å². The van der Waals surface area contributed by atoms with Crippen molar-refractivity contribution in [3.63, 3.8) is 0 Å². The highest BCUT2D eigenvalue weighted by Gasteiger charge is 2.15. The molecule has 0 saturated carbocycles. The molecule has 0 radical (unpaired) electrons. The van der Waals surface area contributed by atoms with Crippen LogP contribution in [0.3, 0.4) is 0 Å². The van der Waals surface area contributed by atoms with E-state index in [0.29, 0.717) is 4.88 Å². The predicted molar refractivity (Wildman–Crippen MR) is 88.7 cm³/mol. The maximum Gasteiger partial charge on any atom is 0.269 e. The van der Waals surface area contributed by atoms with Gasteiger partial charge in [-0.15, -0.1) is 5.10 Å². The van der Waals surface area contributed by atoms with Gasteiger partial charge in [-0.2, -0.15) is 0 Å². The number of aryl methyl sites for hydroxylation is 1. The molecule has 2 aromatic rings. The van der Waals surface area contributed by atoms with E-state index < -0.39 is 0 Å². The molecule has 19 heavy (non-hydrogen) atoms. The van der Waals surface area contributed by atoms with Crippen LogP contribution in [0.25, 0.3) is 0 Å². The van der Waals surface area contributed by atoms with Gasteiger partial charge in [-0.1, -0.05) is 17.8 Å². The highest BCUT2D eigenvalue weighted by molar-refractivity contribution is 14.1. The van der Waals surface area contributed by atoms with Crippen LogP contribution < -0.4 is 5.32 Å². The van der Waals surface area contributed by atoms with E-state index in [1.807, 2.05) is 18.2 Å². The molecule has 0 aliphatic rings. The quantitative estimate of drug-likeness (QED) is 0.711. The number of rotatable bonds is 4. The van der Waals surface area contributed by atoms with Crippen molar-refractivity contribution >= 4 is 61.6 Å². The smallest absolute Gasteiger partial charge is 0.269 e. The first-order chi connectivity index (χ1) is 9.11. The Morgan fingerprint density at radius 2 is 2.32 bits per heavy atom. The second-order valence-corrected chi connectivity index (χ2v) is 6.65. The summed E-state index contributed by atoms with van der Waals surface area (Å²) in [5.74, 6) is -0.147. The molecule has 0 aliphatic carbocycles. The summed E-state index contributed by atoms with van der Waals surface area (Å²) < 4.78 is 5.91. The van der Waals surface area contributed by atoms with E-state index in [1.54, 1.807) is 0 Å². The van der Waals surface area contributed by atoms with Gasteiger partial charge in [0.05, 0.1) is 5.69 Å². The molecule has 4 nitrogen and oxygen atoms in total. The van der Waals surface area contributed by atoms with Crippen LogP contribution >= 0.6 is 50.1 Å². The topological polar surface area (TPSA) is 54.9 Å². The Kier molecular flexibility index (Phi) is 5.28. The molecule has 100 valence electrons. The zero-order chi connectivity index (χ0) is 13.8. The fourth-order valence-corrected chi connectivity index (χ4v) is 2.86. The number of anilines is 1. The minimum Gasteiger partial charge on any atom is -0.321 e. The van der Waals surface area contributed by atoms with E-state index in [0.717, 1.165) is 43.8 Å². The lowest BCUT2D eigenvalue weighted by molar-refractivity contribution is 0.102. The first-order valence-electron chi connectivity index (χ1n) is 5.69. The summed E-state index contributed by atoms with van der Waals surface area (Å²) in [6.07, 6.45) is 1.72. The van der Waals surface area contributed by atoms with Crippen LogP contribution in [0, 0.1) is 3.57 Å². The molecule has 0 spiro atoms.